The molecule has 0 heterocycles. The molecule has 6 heteroatoms. The minimum Gasteiger partial charge on any atom is -0.394 e. The summed E-state index contributed by atoms with van der Waals surface area (Å²) in [4.78, 5) is 12.3. The molecule has 1 atom stereocenters. The highest BCUT2D eigenvalue weighted by Crippen LogP contribution is 2.23. The van der Waals surface area contributed by atoms with Crippen LogP contribution in [-0.2, 0) is 20.2 Å². The van der Waals surface area contributed by atoms with Gasteiger partial charge in [0, 0.05) is 6.26 Å². The molecule has 0 radical (unpaired) electrons. The predicted molar refractivity (Wildman–Crippen MR) is 77.9 cm³/mol. The average molecular weight is 299 g/mol. The highest BCUT2D eigenvalue weighted by molar-refractivity contribution is 7.92. The van der Waals surface area contributed by atoms with Crippen LogP contribution in [0.5, 0.6) is 0 Å². The van der Waals surface area contributed by atoms with Crippen LogP contribution in [0.4, 0.5) is 0 Å². The second-order valence-corrected chi connectivity index (χ2v) is 8.16. The van der Waals surface area contributed by atoms with E-state index in [1.165, 1.54) is 13.8 Å². The van der Waals surface area contributed by atoms with E-state index in [1.54, 1.807) is 31.2 Å². The molecule has 1 amide bonds. The second kappa shape index (κ2) is 5.54. The summed E-state index contributed by atoms with van der Waals surface area (Å²) in [6.45, 7) is 4.02. The summed E-state index contributed by atoms with van der Waals surface area (Å²) in [5.41, 5.74) is -0.319. The van der Waals surface area contributed by atoms with Crippen molar-refractivity contribution in [1.29, 1.82) is 0 Å². The van der Waals surface area contributed by atoms with Gasteiger partial charge in [-0.2, -0.15) is 0 Å². The maximum atomic E-state index is 12.3. The van der Waals surface area contributed by atoms with E-state index in [0.717, 1.165) is 6.26 Å². The zero-order valence-electron chi connectivity index (χ0n) is 12.2. The summed E-state index contributed by atoms with van der Waals surface area (Å²) < 4.78 is 21.8. The van der Waals surface area contributed by atoms with E-state index in [-0.39, 0.29) is 6.61 Å². The maximum Gasteiger partial charge on any atom is 0.241 e. The van der Waals surface area contributed by atoms with Crippen molar-refractivity contribution in [3.8, 4) is 0 Å². The number of amides is 1. The molecular formula is C14H21NO4S. The normalized spacial score (nSPS) is 15.4. The Labute approximate surface area is 119 Å². The number of nitrogens with one attached hydrogen (secondary N) is 1. The average Bonchev–Trinajstić information content (AvgIpc) is 2.38. The van der Waals surface area contributed by atoms with Gasteiger partial charge in [0.1, 0.15) is 4.75 Å². The number of aliphatic hydroxyl groups is 1. The molecule has 1 aromatic rings. The monoisotopic (exact) mass is 299 g/mol. The Morgan fingerprint density at radius 3 is 2.10 bits per heavy atom. The van der Waals surface area contributed by atoms with Gasteiger partial charge in [0.05, 0.1) is 12.1 Å². The van der Waals surface area contributed by atoms with Gasteiger partial charge in [-0.25, -0.2) is 8.42 Å². The van der Waals surface area contributed by atoms with Gasteiger partial charge >= 0.3 is 0 Å². The van der Waals surface area contributed by atoms with E-state index in [1.807, 2.05) is 6.07 Å². The first-order valence-corrected chi connectivity index (χ1v) is 8.12. The SMILES string of the molecule is CC(CO)(NC(=O)C(C)(C)S(C)(=O)=O)c1ccccc1. The third kappa shape index (κ3) is 3.19. The Bertz CT molecular complexity index is 580. The number of hydrogen-bond acceptors (Lipinski definition) is 4. The van der Waals surface area contributed by atoms with E-state index in [9.17, 15) is 18.3 Å². The van der Waals surface area contributed by atoms with Crippen LogP contribution < -0.4 is 5.32 Å². The third-order valence-corrected chi connectivity index (χ3v) is 5.63. The topological polar surface area (TPSA) is 83.5 Å². The maximum absolute atomic E-state index is 12.3. The lowest BCUT2D eigenvalue weighted by molar-refractivity contribution is -0.125. The van der Waals surface area contributed by atoms with Crippen LogP contribution in [0.15, 0.2) is 30.3 Å². The first-order chi connectivity index (χ1) is 9.04. The van der Waals surface area contributed by atoms with Crippen molar-refractivity contribution >= 4 is 15.7 Å². The fraction of sp³-hybridized carbons (Fsp3) is 0.500. The van der Waals surface area contributed by atoms with E-state index < -0.39 is 26.0 Å². The van der Waals surface area contributed by atoms with Crippen molar-refractivity contribution in [1.82, 2.24) is 5.32 Å². The van der Waals surface area contributed by atoms with E-state index in [4.69, 9.17) is 0 Å². The minimum absolute atomic E-state index is 0.331. The molecule has 2 N–H and O–H groups in total. The Balaban J connectivity index is 3.10. The Morgan fingerprint density at radius 1 is 1.20 bits per heavy atom. The van der Waals surface area contributed by atoms with Gasteiger partial charge in [-0.1, -0.05) is 30.3 Å². The van der Waals surface area contributed by atoms with Crippen molar-refractivity contribution in [2.45, 2.75) is 31.1 Å². The fourth-order valence-electron chi connectivity index (χ4n) is 1.58. The van der Waals surface area contributed by atoms with Gasteiger partial charge in [0.2, 0.25) is 5.91 Å². The molecule has 0 saturated carbocycles. The zero-order valence-corrected chi connectivity index (χ0v) is 13.0. The lowest BCUT2D eigenvalue weighted by Crippen LogP contribution is -2.55. The molecule has 112 valence electrons. The zero-order chi connectivity index (χ0) is 15.6. The van der Waals surface area contributed by atoms with Crippen LogP contribution in [0.25, 0.3) is 0 Å². The standard InChI is InChI=1S/C14H21NO4S/c1-13(2,20(4,18)19)12(17)15-14(3,10-16)11-8-6-5-7-9-11/h5-9,16H,10H2,1-4H3,(H,15,17). The van der Waals surface area contributed by atoms with Gasteiger partial charge < -0.3 is 10.4 Å². The Kier molecular flexibility index (Phi) is 4.61. The van der Waals surface area contributed by atoms with E-state index in [0.29, 0.717) is 5.56 Å². The predicted octanol–water partition coefficient (Wildman–Crippen LogP) is 0.833. The number of rotatable bonds is 5. The summed E-state index contributed by atoms with van der Waals surface area (Å²) in [5.74, 6) is -0.639. The minimum atomic E-state index is -3.56. The molecule has 0 saturated heterocycles. The Morgan fingerprint density at radius 2 is 1.70 bits per heavy atom. The lowest BCUT2D eigenvalue weighted by Gasteiger charge is -2.33. The van der Waals surface area contributed by atoms with Crippen LogP contribution in [0.1, 0.15) is 26.3 Å². The number of benzene rings is 1. The van der Waals surface area contributed by atoms with Crippen LogP contribution in [0.2, 0.25) is 0 Å². The highest BCUT2D eigenvalue weighted by Gasteiger charge is 2.41. The van der Waals surface area contributed by atoms with E-state index >= 15 is 0 Å². The van der Waals surface area contributed by atoms with Crippen LogP contribution in [0.3, 0.4) is 0 Å². The number of aliphatic hydroxyl groups excluding tert-OH is 1. The number of carbonyl (C=O) groups excluding carboxylic acids is 1. The molecule has 0 bridgehead atoms. The second-order valence-electron chi connectivity index (χ2n) is 5.59. The summed E-state index contributed by atoms with van der Waals surface area (Å²) in [5, 5.41) is 12.2. The molecule has 0 aliphatic rings. The molecule has 0 spiro atoms. The molecule has 1 aromatic carbocycles. The van der Waals surface area contributed by atoms with Crippen LogP contribution in [0, 0.1) is 0 Å². The summed E-state index contributed by atoms with van der Waals surface area (Å²) in [6, 6.07) is 8.94. The lowest BCUT2D eigenvalue weighted by atomic mass is 9.92. The third-order valence-electron chi connectivity index (χ3n) is 3.59. The van der Waals surface area contributed by atoms with Crippen molar-refractivity contribution < 1.29 is 18.3 Å². The van der Waals surface area contributed by atoms with Gasteiger partial charge in [-0.05, 0) is 26.3 Å². The largest absolute Gasteiger partial charge is 0.394 e. The van der Waals surface area contributed by atoms with Crippen LogP contribution in [-0.4, -0.2) is 37.0 Å². The van der Waals surface area contributed by atoms with Gasteiger partial charge in [-0.3, -0.25) is 4.79 Å². The molecular weight excluding hydrogens is 278 g/mol. The molecule has 1 unspecified atom stereocenters. The highest BCUT2D eigenvalue weighted by atomic mass is 32.2. The van der Waals surface area contributed by atoms with Crippen molar-refractivity contribution in [2.24, 2.45) is 0 Å². The number of sulfone groups is 1. The quantitative estimate of drug-likeness (QED) is 0.843. The van der Waals surface area contributed by atoms with Crippen molar-refractivity contribution in [3.63, 3.8) is 0 Å². The molecule has 0 aliphatic carbocycles. The Hall–Kier alpha value is -1.40. The molecule has 0 fully saturated rings. The number of carbonyl (C=O) groups is 1. The van der Waals surface area contributed by atoms with Crippen molar-refractivity contribution in [3.05, 3.63) is 35.9 Å². The van der Waals surface area contributed by atoms with Gasteiger partial charge in [0.15, 0.2) is 9.84 Å². The molecule has 5 nitrogen and oxygen atoms in total. The molecule has 0 aromatic heterocycles. The van der Waals surface area contributed by atoms with E-state index in [2.05, 4.69) is 5.32 Å². The first kappa shape index (κ1) is 16.7. The van der Waals surface area contributed by atoms with Gasteiger partial charge in [-0.15, -0.1) is 0 Å². The summed E-state index contributed by atoms with van der Waals surface area (Å²) >= 11 is 0. The smallest absolute Gasteiger partial charge is 0.241 e. The van der Waals surface area contributed by atoms with Crippen LogP contribution >= 0.6 is 0 Å². The summed E-state index contributed by atoms with van der Waals surface area (Å²) in [6.07, 6.45) is 1.02. The number of hydrogen-bond donors (Lipinski definition) is 2. The van der Waals surface area contributed by atoms with Gasteiger partial charge in [0.25, 0.3) is 0 Å². The fourth-order valence-corrected chi connectivity index (χ4v) is 1.97. The van der Waals surface area contributed by atoms with Crippen molar-refractivity contribution in [2.75, 3.05) is 12.9 Å². The summed E-state index contributed by atoms with van der Waals surface area (Å²) in [7, 11) is -3.56. The molecule has 1 rings (SSSR count). The molecule has 0 aliphatic heterocycles. The first-order valence-electron chi connectivity index (χ1n) is 6.23. The molecule has 20 heavy (non-hydrogen) atoms.